The molecule has 0 saturated heterocycles. The molecule has 0 N–H and O–H groups in total. The average molecular weight is 209 g/mol. The van der Waals surface area contributed by atoms with Crippen molar-refractivity contribution in [3.05, 3.63) is 23.6 Å². The number of hydrogen-bond acceptors (Lipinski definition) is 3. The summed E-state index contributed by atoms with van der Waals surface area (Å²) in [7, 11) is 0. The fraction of sp³-hybridized carbons (Fsp3) is 0.143. The summed E-state index contributed by atoms with van der Waals surface area (Å²) in [5.74, 6) is -2.25. The van der Waals surface area contributed by atoms with Crippen molar-refractivity contribution in [2.45, 2.75) is 6.36 Å². The smallest absolute Gasteiger partial charge is 0.387 e. The topological polar surface area (TPSA) is 39.2 Å². The zero-order chi connectivity index (χ0) is 10.8. The van der Waals surface area contributed by atoms with Crippen LogP contribution < -0.4 is 4.74 Å². The molecule has 1 rings (SSSR count). The van der Waals surface area contributed by atoms with Gasteiger partial charge in [0.15, 0.2) is 6.29 Å². The number of halogens is 4. The van der Waals surface area contributed by atoms with E-state index in [4.69, 9.17) is 0 Å². The summed E-state index contributed by atoms with van der Waals surface area (Å²) < 4.78 is 50.8. The highest BCUT2D eigenvalue weighted by atomic mass is 19.4. The Bertz CT molecular complexity index is 350. The fourth-order valence-corrected chi connectivity index (χ4v) is 0.710. The Morgan fingerprint density at radius 3 is 2.50 bits per heavy atom. The quantitative estimate of drug-likeness (QED) is 0.424. The molecule has 0 radical (unpaired) electrons. The van der Waals surface area contributed by atoms with Crippen molar-refractivity contribution in [1.29, 1.82) is 0 Å². The summed E-state index contributed by atoms with van der Waals surface area (Å²) in [6, 6.07) is 1.60. The number of ether oxygens (including phenoxy) is 1. The van der Waals surface area contributed by atoms with Crippen LogP contribution in [-0.4, -0.2) is 17.6 Å². The SMILES string of the molecule is O=Cc1ccc(F)nc1OC(F)(F)F. The molecule has 0 amide bonds. The third-order valence-corrected chi connectivity index (χ3v) is 1.20. The van der Waals surface area contributed by atoms with Crippen molar-refractivity contribution in [3.8, 4) is 5.88 Å². The third kappa shape index (κ3) is 2.68. The van der Waals surface area contributed by atoms with Gasteiger partial charge in [0, 0.05) is 0 Å². The molecule has 3 nitrogen and oxygen atoms in total. The summed E-state index contributed by atoms with van der Waals surface area (Å²) in [6.45, 7) is 0. The van der Waals surface area contributed by atoms with Crippen molar-refractivity contribution in [2.24, 2.45) is 0 Å². The number of hydrogen-bond donors (Lipinski definition) is 0. The van der Waals surface area contributed by atoms with E-state index in [1.807, 2.05) is 0 Å². The fourth-order valence-electron chi connectivity index (χ4n) is 0.710. The monoisotopic (exact) mass is 209 g/mol. The van der Waals surface area contributed by atoms with Gasteiger partial charge >= 0.3 is 6.36 Å². The standard InChI is InChI=1S/C7H3F4NO2/c8-5-2-1-4(3-13)6(12-5)14-7(9,10)11/h1-3H. The molecule has 0 spiro atoms. The van der Waals surface area contributed by atoms with Crippen molar-refractivity contribution >= 4 is 6.29 Å². The molecule has 1 heterocycles. The molecule has 0 aromatic carbocycles. The highest BCUT2D eigenvalue weighted by Crippen LogP contribution is 2.23. The van der Waals surface area contributed by atoms with Crippen LogP contribution >= 0.6 is 0 Å². The molecular formula is C7H3F4NO2. The van der Waals surface area contributed by atoms with Gasteiger partial charge in [0.25, 0.3) is 0 Å². The number of alkyl halides is 3. The summed E-state index contributed by atoms with van der Waals surface area (Å²) in [5.41, 5.74) is -0.469. The van der Waals surface area contributed by atoms with Gasteiger partial charge < -0.3 is 4.74 Å². The number of rotatable bonds is 2. The van der Waals surface area contributed by atoms with Gasteiger partial charge in [-0.15, -0.1) is 13.2 Å². The Labute approximate surface area is 75.3 Å². The lowest BCUT2D eigenvalue weighted by Crippen LogP contribution is -2.19. The normalized spacial score (nSPS) is 11.1. The maximum absolute atomic E-state index is 12.4. The van der Waals surface area contributed by atoms with Crippen molar-refractivity contribution in [2.75, 3.05) is 0 Å². The Hall–Kier alpha value is -1.66. The molecule has 1 aromatic rings. The van der Waals surface area contributed by atoms with Gasteiger partial charge in [-0.2, -0.15) is 9.37 Å². The van der Waals surface area contributed by atoms with Crippen molar-refractivity contribution in [3.63, 3.8) is 0 Å². The first-order chi connectivity index (χ1) is 6.42. The van der Waals surface area contributed by atoms with Crippen molar-refractivity contribution < 1.29 is 27.1 Å². The minimum Gasteiger partial charge on any atom is -0.387 e. The van der Waals surface area contributed by atoms with E-state index in [2.05, 4.69) is 9.72 Å². The average Bonchev–Trinajstić information content (AvgIpc) is 2.01. The molecular weight excluding hydrogens is 206 g/mol. The zero-order valence-electron chi connectivity index (χ0n) is 6.51. The minimum atomic E-state index is -5.00. The molecule has 0 aliphatic rings. The van der Waals surface area contributed by atoms with Gasteiger partial charge in [-0.25, -0.2) is 0 Å². The molecule has 0 bridgehead atoms. The first-order valence-corrected chi connectivity index (χ1v) is 3.30. The van der Waals surface area contributed by atoms with Gasteiger partial charge in [0.2, 0.25) is 11.8 Å². The Morgan fingerprint density at radius 2 is 2.00 bits per heavy atom. The molecule has 7 heteroatoms. The number of carbonyl (C=O) groups excluding carboxylic acids is 1. The van der Waals surface area contributed by atoms with Crippen LogP contribution in [0.25, 0.3) is 0 Å². The van der Waals surface area contributed by atoms with Gasteiger partial charge in [-0.3, -0.25) is 4.79 Å². The van der Waals surface area contributed by atoms with E-state index in [1.54, 1.807) is 0 Å². The molecule has 0 atom stereocenters. The molecule has 0 aliphatic heterocycles. The number of pyridine rings is 1. The summed E-state index contributed by atoms with van der Waals surface area (Å²) in [6.07, 6.45) is -4.91. The van der Waals surface area contributed by atoms with Crippen LogP contribution in [-0.2, 0) is 0 Å². The predicted octanol–water partition coefficient (Wildman–Crippen LogP) is 1.93. The summed E-state index contributed by atoms with van der Waals surface area (Å²) >= 11 is 0. The van der Waals surface area contributed by atoms with Crippen LogP contribution in [0.5, 0.6) is 5.88 Å². The maximum Gasteiger partial charge on any atom is 0.574 e. The van der Waals surface area contributed by atoms with Crippen LogP contribution in [0.3, 0.4) is 0 Å². The molecule has 14 heavy (non-hydrogen) atoms. The zero-order valence-corrected chi connectivity index (χ0v) is 6.51. The van der Waals surface area contributed by atoms with E-state index in [-0.39, 0.29) is 6.29 Å². The lowest BCUT2D eigenvalue weighted by molar-refractivity contribution is -0.276. The molecule has 0 unspecified atom stereocenters. The van der Waals surface area contributed by atoms with Crippen LogP contribution in [0.2, 0.25) is 0 Å². The largest absolute Gasteiger partial charge is 0.574 e. The van der Waals surface area contributed by atoms with E-state index in [9.17, 15) is 22.4 Å². The van der Waals surface area contributed by atoms with Crippen molar-refractivity contribution in [1.82, 2.24) is 4.98 Å². The number of carbonyl (C=O) groups is 1. The van der Waals surface area contributed by atoms with E-state index >= 15 is 0 Å². The van der Waals surface area contributed by atoms with Gasteiger partial charge in [0.1, 0.15) is 0 Å². The van der Waals surface area contributed by atoms with E-state index in [1.165, 1.54) is 0 Å². The summed E-state index contributed by atoms with van der Waals surface area (Å²) in [4.78, 5) is 13.0. The molecule has 0 fully saturated rings. The lowest BCUT2D eigenvalue weighted by atomic mass is 10.3. The Kier molecular flexibility index (Phi) is 2.68. The van der Waals surface area contributed by atoms with Crippen LogP contribution in [0, 0.1) is 5.95 Å². The van der Waals surface area contributed by atoms with Gasteiger partial charge in [0.05, 0.1) is 5.56 Å². The molecule has 0 aliphatic carbocycles. The first-order valence-electron chi connectivity index (χ1n) is 3.30. The van der Waals surface area contributed by atoms with Crippen LogP contribution in [0.1, 0.15) is 10.4 Å². The highest BCUT2D eigenvalue weighted by molar-refractivity contribution is 5.77. The van der Waals surface area contributed by atoms with E-state index in [0.29, 0.717) is 0 Å². The maximum atomic E-state index is 12.4. The second-order valence-electron chi connectivity index (χ2n) is 2.19. The van der Waals surface area contributed by atoms with Crippen LogP contribution in [0.4, 0.5) is 17.6 Å². The number of nitrogens with zero attached hydrogens (tertiary/aromatic N) is 1. The lowest BCUT2D eigenvalue weighted by Gasteiger charge is -2.08. The summed E-state index contributed by atoms with van der Waals surface area (Å²) in [5, 5.41) is 0. The first kappa shape index (κ1) is 10.4. The third-order valence-electron chi connectivity index (χ3n) is 1.20. The predicted molar refractivity (Wildman–Crippen MR) is 36.3 cm³/mol. The molecule has 76 valence electrons. The highest BCUT2D eigenvalue weighted by Gasteiger charge is 2.33. The number of aldehydes is 1. The molecule has 1 aromatic heterocycles. The Balaban J connectivity index is 3.05. The van der Waals surface area contributed by atoms with Gasteiger partial charge in [-0.05, 0) is 12.1 Å². The molecule has 0 saturated carbocycles. The van der Waals surface area contributed by atoms with E-state index in [0.717, 1.165) is 12.1 Å². The van der Waals surface area contributed by atoms with Crippen LogP contribution in [0.15, 0.2) is 12.1 Å². The minimum absolute atomic E-state index is 0.0908. The Morgan fingerprint density at radius 1 is 1.36 bits per heavy atom. The second-order valence-corrected chi connectivity index (χ2v) is 2.19. The number of aromatic nitrogens is 1. The second kappa shape index (κ2) is 3.60. The van der Waals surface area contributed by atoms with E-state index < -0.39 is 23.8 Å². The van der Waals surface area contributed by atoms with Gasteiger partial charge in [-0.1, -0.05) is 0 Å².